The zero-order chi connectivity index (χ0) is 20.1. The second-order valence-corrected chi connectivity index (χ2v) is 6.27. The standard InChI is InChI=1S/C22H18N.BF4/c1-23-16-20(17-10-4-2-5-11-17)22(18-12-6-3-7-13-18)19-14-8-9-15-21(19)23;2-1(3,4)5/h2-16H,1H3;/q+1;-1. The molecular formula is C22H18BF4N. The number of rotatable bonds is 2. The maximum Gasteiger partial charge on any atom is 0.673 e. The van der Waals surface area contributed by atoms with E-state index in [9.17, 15) is 17.3 Å². The summed E-state index contributed by atoms with van der Waals surface area (Å²) in [5.41, 5.74) is 6.30. The van der Waals surface area contributed by atoms with Crippen LogP contribution in [0.2, 0.25) is 0 Å². The van der Waals surface area contributed by atoms with E-state index in [1.165, 1.54) is 33.2 Å². The summed E-state index contributed by atoms with van der Waals surface area (Å²) in [4.78, 5) is 0. The predicted octanol–water partition coefficient (Wildman–Crippen LogP) is 6.30. The summed E-state index contributed by atoms with van der Waals surface area (Å²) in [6.07, 6.45) is 2.24. The second kappa shape index (κ2) is 8.25. The lowest BCUT2D eigenvalue weighted by Crippen LogP contribution is -2.29. The van der Waals surface area contributed by atoms with Crippen LogP contribution in [0.5, 0.6) is 0 Å². The van der Waals surface area contributed by atoms with E-state index in [4.69, 9.17) is 0 Å². The molecule has 1 aromatic heterocycles. The summed E-state index contributed by atoms with van der Waals surface area (Å²) in [5, 5.41) is 1.28. The van der Waals surface area contributed by atoms with E-state index < -0.39 is 7.25 Å². The highest BCUT2D eigenvalue weighted by Crippen LogP contribution is 2.36. The van der Waals surface area contributed by atoms with Gasteiger partial charge >= 0.3 is 7.25 Å². The lowest BCUT2D eigenvalue weighted by Gasteiger charge is -2.12. The van der Waals surface area contributed by atoms with Gasteiger partial charge in [0.1, 0.15) is 7.05 Å². The zero-order valence-corrected chi connectivity index (χ0v) is 15.2. The van der Waals surface area contributed by atoms with E-state index >= 15 is 0 Å². The van der Waals surface area contributed by atoms with Crippen LogP contribution in [0.1, 0.15) is 0 Å². The van der Waals surface area contributed by atoms with Crippen LogP contribution in [0.3, 0.4) is 0 Å². The zero-order valence-electron chi connectivity index (χ0n) is 15.2. The van der Waals surface area contributed by atoms with E-state index in [0.29, 0.717) is 0 Å². The van der Waals surface area contributed by atoms with E-state index in [1.54, 1.807) is 0 Å². The molecule has 4 aromatic rings. The molecule has 0 aliphatic rings. The predicted molar refractivity (Wildman–Crippen MR) is 106 cm³/mol. The third-order valence-corrected chi connectivity index (χ3v) is 4.29. The second-order valence-electron chi connectivity index (χ2n) is 6.27. The van der Waals surface area contributed by atoms with Crippen LogP contribution in [-0.4, -0.2) is 7.25 Å². The maximum atomic E-state index is 9.75. The van der Waals surface area contributed by atoms with Gasteiger partial charge in [0.15, 0.2) is 6.20 Å². The number of aryl methyl sites for hydroxylation is 1. The largest absolute Gasteiger partial charge is 0.673 e. The Bertz CT molecular complexity index is 1060. The number of halogens is 4. The summed E-state index contributed by atoms with van der Waals surface area (Å²) in [6, 6.07) is 29.9. The third-order valence-electron chi connectivity index (χ3n) is 4.29. The Morgan fingerprint density at radius 2 is 1.11 bits per heavy atom. The number of fused-ring (bicyclic) bond motifs is 1. The van der Waals surface area contributed by atoms with E-state index in [2.05, 4.69) is 103 Å². The van der Waals surface area contributed by atoms with Gasteiger partial charge in [0.2, 0.25) is 5.52 Å². The third kappa shape index (κ3) is 4.77. The SMILES string of the molecule is C[n+]1cc(-c2ccccc2)c(-c2ccccc2)c2ccccc21.F[B-](F)(F)F. The molecule has 4 rings (SSSR count). The number of hydrogen-bond donors (Lipinski definition) is 0. The first kappa shape index (κ1) is 19.6. The lowest BCUT2D eigenvalue weighted by molar-refractivity contribution is -0.644. The molecule has 0 spiro atoms. The molecule has 6 heteroatoms. The van der Waals surface area contributed by atoms with Gasteiger partial charge < -0.3 is 17.3 Å². The highest BCUT2D eigenvalue weighted by Gasteiger charge is 2.20. The number of nitrogens with zero attached hydrogens (tertiary/aromatic N) is 1. The highest BCUT2D eigenvalue weighted by molar-refractivity contribution is 6.50. The molecule has 1 nitrogen and oxygen atoms in total. The van der Waals surface area contributed by atoms with Gasteiger partial charge in [0.25, 0.3) is 0 Å². The summed E-state index contributed by atoms with van der Waals surface area (Å²) in [5.74, 6) is 0. The number of benzene rings is 3. The molecule has 0 bridgehead atoms. The molecule has 3 aromatic carbocycles. The van der Waals surface area contributed by atoms with Crippen LogP contribution >= 0.6 is 0 Å². The fourth-order valence-corrected chi connectivity index (χ4v) is 3.22. The number of hydrogen-bond acceptors (Lipinski definition) is 0. The fraction of sp³-hybridized carbons (Fsp3) is 0.0455. The first-order chi connectivity index (χ1) is 13.3. The molecule has 0 amide bonds. The minimum atomic E-state index is -6.00. The van der Waals surface area contributed by atoms with Gasteiger partial charge in [-0.2, -0.15) is 0 Å². The van der Waals surface area contributed by atoms with Crippen molar-refractivity contribution in [1.29, 1.82) is 0 Å². The van der Waals surface area contributed by atoms with E-state index in [-0.39, 0.29) is 0 Å². The van der Waals surface area contributed by atoms with Crippen molar-refractivity contribution in [3.05, 3.63) is 91.1 Å². The first-order valence-corrected chi connectivity index (χ1v) is 8.74. The van der Waals surface area contributed by atoms with Gasteiger partial charge in [-0.25, -0.2) is 4.57 Å². The molecular weight excluding hydrogens is 365 g/mol. The van der Waals surface area contributed by atoms with E-state index in [0.717, 1.165) is 0 Å². The Kier molecular flexibility index (Phi) is 5.78. The summed E-state index contributed by atoms with van der Waals surface area (Å²) in [6.45, 7) is 0. The van der Waals surface area contributed by atoms with Crippen molar-refractivity contribution in [2.24, 2.45) is 7.05 Å². The van der Waals surface area contributed by atoms with Crippen LogP contribution in [0.25, 0.3) is 33.2 Å². The van der Waals surface area contributed by atoms with E-state index in [1.807, 2.05) is 0 Å². The van der Waals surface area contributed by atoms with Crippen LogP contribution in [0.15, 0.2) is 91.1 Å². The molecule has 28 heavy (non-hydrogen) atoms. The van der Waals surface area contributed by atoms with Crippen molar-refractivity contribution in [2.75, 3.05) is 0 Å². The van der Waals surface area contributed by atoms with Crippen molar-refractivity contribution in [3.8, 4) is 22.3 Å². The highest BCUT2D eigenvalue weighted by atomic mass is 19.5. The van der Waals surface area contributed by atoms with Crippen molar-refractivity contribution < 1.29 is 21.8 Å². The van der Waals surface area contributed by atoms with Gasteiger partial charge in [0.05, 0.1) is 10.9 Å². The van der Waals surface area contributed by atoms with Gasteiger partial charge in [-0.15, -0.1) is 0 Å². The molecule has 0 saturated heterocycles. The lowest BCUT2D eigenvalue weighted by atomic mass is 9.92. The van der Waals surface area contributed by atoms with Crippen molar-refractivity contribution in [2.45, 2.75) is 0 Å². The molecule has 0 atom stereocenters. The normalized spacial score (nSPS) is 11.0. The molecule has 0 aliphatic carbocycles. The first-order valence-electron chi connectivity index (χ1n) is 8.74. The van der Waals surface area contributed by atoms with Crippen molar-refractivity contribution in [3.63, 3.8) is 0 Å². The molecule has 0 unspecified atom stereocenters. The van der Waals surface area contributed by atoms with Gasteiger partial charge in [0, 0.05) is 11.6 Å². The minimum absolute atomic E-state index is 1.24. The monoisotopic (exact) mass is 383 g/mol. The quantitative estimate of drug-likeness (QED) is 0.217. The minimum Gasteiger partial charge on any atom is -0.418 e. The van der Waals surface area contributed by atoms with Gasteiger partial charge in [-0.1, -0.05) is 72.8 Å². The van der Waals surface area contributed by atoms with Crippen LogP contribution in [0, 0.1) is 0 Å². The Morgan fingerprint density at radius 3 is 1.68 bits per heavy atom. The van der Waals surface area contributed by atoms with Crippen molar-refractivity contribution >= 4 is 18.2 Å². The van der Waals surface area contributed by atoms with Crippen LogP contribution in [-0.2, 0) is 7.05 Å². The Balaban J connectivity index is 0.000000403. The summed E-state index contributed by atoms with van der Waals surface area (Å²) < 4.78 is 41.2. The molecule has 0 radical (unpaired) electrons. The molecule has 0 saturated carbocycles. The van der Waals surface area contributed by atoms with Gasteiger partial charge in [-0.05, 0) is 17.2 Å². The van der Waals surface area contributed by atoms with Crippen LogP contribution < -0.4 is 4.57 Å². The van der Waals surface area contributed by atoms with Crippen LogP contribution in [0.4, 0.5) is 17.3 Å². The molecule has 0 aliphatic heterocycles. The Hall–Kier alpha value is -3.15. The molecule has 0 N–H and O–H groups in total. The number of pyridine rings is 1. The smallest absolute Gasteiger partial charge is 0.418 e. The average molecular weight is 383 g/mol. The average Bonchev–Trinajstić information content (AvgIpc) is 2.68. The fourth-order valence-electron chi connectivity index (χ4n) is 3.22. The van der Waals surface area contributed by atoms with Gasteiger partial charge in [-0.3, -0.25) is 0 Å². The topological polar surface area (TPSA) is 3.88 Å². The molecule has 1 heterocycles. The maximum absolute atomic E-state index is 9.75. The number of aromatic nitrogens is 1. The summed E-state index contributed by atoms with van der Waals surface area (Å²) in [7, 11) is -3.89. The van der Waals surface area contributed by atoms with Crippen molar-refractivity contribution in [1.82, 2.24) is 0 Å². The number of para-hydroxylation sites is 1. The molecule has 0 fully saturated rings. The Morgan fingerprint density at radius 1 is 0.643 bits per heavy atom. The molecule has 142 valence electrons. The summed E-state index contributed by atoms with van der Waals surface area (Å²) >= 11 is 0. The Labute approximate surface area is 161 Å².